The quantitative estimate of drug-likeness (QED) is 0.853. The lowest BCUT2D eigenvalue weighted by molar-refractivity contribution is -0.116. The fourth-order valence-electron chi connectivity index (χ4n) is 2.83. The number of piperidine rings is 1. The summed E-state index contributed by atoms with van der Waals surface area (Å²) in [5.74, 6) is 1.74. The maximum atomic E-state index is 12.1. The molecule has 0 atom stereocenters. The van der Waals surface area contributed by atoms with Crippen LogP contribution in [0.2, 0.25) is 0 Å². The summed E-state index contributed by atoms with van der Waals surface area (Å²) >= 11 is 0. The van der Waals surface area contributed by atoms with Crippen molar-refractivity contribution in [2.24, 2.45) is 5.92 Å². The maximum absolute atomic E-state index is 12.1. The molecule has 1 aliphatic heterocycles. The molecule has 1 aromatic heterocycles. The van der Waals surface area contributed by atoms with Gasteiger partial charge in [-0.25, -0.2) is 4.98 Å². The van der Waals surface area contributed by atoms with Gasteiger partial charge in [-0.2, -0.15) is 0 Å². The highest BCUT2D eigenvalue weighted by molar-refractivity contribution is 5.90. The van der Waals surface area contributed by atoms with E-state index in [0.29, 0.717) is 24.0 Å². The number of carbonyl (C=O) groups is 1. The van der Waals surface area contributed by atoms with Crippen molar-refractivity contribution in [1.29, 1.82) is 0 Å². The maximum Gasteiger partial charge on any atom is 0.237 e. The van der Waals surface area contributed by atoms with E-state index in [1.165, 1.54) is 0 Å². The van der Waals surface area contributed by atoms with E-state index < -0.39 is 0 Å². The molecule has 2 N–H and O–H groups in total. The molecule has 2 aromatic rings. The predicted octanol–water partition coefficient (Wildman–Crippen LogP) is 2.99. The summed E-state index contributed by atoms with van der Waals surface area (Å²) in [6.45, 7) is 2.13. The number of rotatable bonds is 6. The van der Waals surface area contributed by atoms with Crippen molar-refractivity contribution in [3.63, 3.8) is 0 Å². The zero-order chi connectivity index (χ0) is 16.6. The summed E-state index contributed by atoms with van der Waals surface area (Å²) in [5, 5.41) is 6.28. The molecule has 1 aromatic carbocycles. The average molecular weight is 326 g/mol. The van der Waals surface area contributed by atoms with Crippen LogP contribution < -0.4 is 15.4 Å². The van der Waals surface area contributed by atoms with Crippen molar-refractivity contribution >= 4 is 11.6 Å². The van der Waals surface area contributed by atoms with Crippen LogP contribution in [0.5, 0.6) is 11.6 Å². The first-order valence-electron chi connectivity index (χ1n) is 8.34. The Hall–Kier alpha value is -2.47. The Labute approximate surface area is 141 Å². The highest BCUT2D eigenvalue weighted by Crippen LogP contribution is 2.23. The van der Waals surface area contributed by atoms with E-state index in [2.05, 4.69) is 20.6 Å². The van der Waals surface area contributed by atoms with Crippen LogP contribution in [0.3, 0.4) is 0 Å². The van der Waals surface area contributed by atoms with Crippen LogP contribution in [-0.4, -0.2) is 29.0 Å². The van der Waals surface area contributed by atoms with Gasteiger partial charge in [-0.15, -0.1) is 0 Å². The zero-order valence-corrected chi connectivity index (χ0v) is 13.6. The summed E-state index contributed by atoms with van der Waals surface area (Å²) in [6, 6.07) is 7.30. The monoisotopic (exact) mass is 326 g/mol. The minimum absolute atomic E-state index is 0.0465. The second-order valence-electron chi connectivity index (χ2n) is 5.95. The van der Waals surface area contributed by atoms with Crippen molar-refractivity contribution in [3.05, 3.63) is 42.9 Å². The third kappa shape index (κ3) is 5.03. The number of anilines is 1. The standard InChI is InChI=1S/C18H22N4O2/c23-17(5-4-14-6-8-19-9-7-14)22-15-2-1-3-16(12-15)24-18-13-20-10-11-21-18/h1-3,10-14,19H,4-9H2,(H,22,23). The van der Waals surface area contributed by atoms with Crippen LogP contribution in [0.1, 0.15) is 25.7 Å². The van der Waals surface area contributed by atoms with Crippen LogP contribution in [-0.2, 0) is 4.79 Å². The molecular formula is C18H22N4O2. The molecule has 1 amide bonds. The number of nitrogens with one attached hydrogen (secondary N) is 2. The first kappa shape index (κ1) is 16.4. The van der Waals surface area contributed by atoms with Gasteiger partial charge in [0.2, 0.25) is 11.8 Å². The molecule has 1 aliphatic rings. The van der Waals surface area contributed by atoms with Gasteiger partial charge in [-0.3, -0.25) is 9.78 Å². The average Bonchev–Trinajstić information content (AvgIpc) is 2.62. The van der Waals surface area contributed by atoms with E-state index in [1.54, 1.807) is 24.7 Å². The molecule has 3 rings (SSSR count). The van der Waals surface area contributed by atoms with Crippen molar-refractivity contribution in [1.82, 2.24) is 15.3 Å². The number of ether oxygens (including phenoxy) is 1. The molecule has 0 unspecified atom stereocenters. The Kier molecular flexibility index (Phi) is 5.74. The first-order chi connectivity index (χ1) is 11.8. The van der Waals surface area contributed by atoms with E-state index in [1.807, 2.05) is 18.2 Å². The van der Waals surface area contributed by atoms with Crippen LogP contribution in [0.15, 0.2) is 42.9 Å². The van der Waals surface area contributed by atoms with Crippen molar-refractivity contribution in [2.75, 3.05) is 18.4 Å². The fourth-order valence-corrected chi connectivity index (χ4v) is 2.83. The van der Waals surface area contributed by atoms with Gasteiger partial charge in [-0.1, -0.05) is 6.07 Å². The number of hydrogen-bond donors (Lipinski definition) is 2. The SMILES string of the molecule is O=C(CCC1CCNCC1)Nc1cccc(Oc2cnccn2)c1. The normalized spacial score (nSPS) is 15.0. The number of aromatic nitrogens is 2. The van der Waals surface area contributed by atoms with Crippen LogP contribution >= 0.6 is 0 Å². The first-order valence-corrected chi connectivity index (χ1v) is 8.34. The van der Waals surface area contributed by atoms with Crippen molar-refractivity contribution in [3.8, 4) is 11.6 Å². The Balaban J connectivity index is 1.51. The molecule has 0 bridgehead atoms. The molecule has 6 nitrogen and oxygen atoms in total. The zero-order valence-electron chi connectivity index (χ0n) is 13.6. The van der Waals surface area contributed by atoms with E-state index in [9.17, 15) is 4.79 Å². The van der Waals surface area contributed by atoms with E-state index in [-0.39, 0.29) is 5.91 Å². The number of amides is 1. The summed E-state index contributed by atoms with van der Waals surface area (Å²) in [7, 11) is 0. The molecule has 0 radical (unpaired) electrons. The van der Waals surface area contributed by atoms with Crippen LogP contribution in [0, 0.1) is 5.92 Å². The number of nitrogens with zero attached hydrogens (tertiary/aromatic N) is 2. The van der Waals surface area contributed by atoms with E-state index in [4.69, 9.17) is 4.74 Å². The molecule has 0 aliphatic carbocycles. The Bertz CT molecular complexity index is 657. The second-order valence-corrected chi connectivity index (χ2v) is 5.95. The topological polar surface area (TPSA) is 76.1 Å². The minimum atomic E-state index is 0.0465. The van der Waals surface area contributed by atoms with Gasteiger partial charge in [0.05, 0.1) is 6.20 Å². The van der Waals surface area contributed by atoms with Gasteiger partial charge in [0, 0.05) is 30.6 Å². The molecular weight excluding hydrogens is 304 g/mol. The van der Waals surface area contributed by atoms with E-state index in [0.717, 1.165) is 38.0 Å². The third-order valence-corrected chi connectivity index (χ3v) is 4.12. The largest absolute Gasteiger partial charge is 0.437 e. The second kappa shape index (κ2) is 8.40. The summed E-state index contributed by atoms with van der Waals surface area (Å²) in [4.78, 5) is 20.2. The molecule has 0 saturated carbocycles. The fraction of sp³-hybridized carbons (Fsp3) is 0.389. The molecule has 1 fully saturated rings. The molecule has 126 valence electrons. The lowest BCUT2D eigenvalue weighted by Gasteiger charge is -2.22. The molecule has 1 saturated heterocycles. The van der Waals surface area contributed by atoms with Gasteiger partial charge in [-0.05, 0) is 50.4 Å². The van der Waals surface area contributed by atoms with Gasteiger partial charge in [0.1, 0.15) is 5.75 Å². The predicted molar refractivity (Wildman–Crippen MR) is 92.0 cm³/mol. The van der Waals surface area contributed by atoms with Gasteiger partial charge >= 0.3 is 0 Å². The van der Waals surface area contributed by atoms with E-state index >= 15 is 0 Å². The van der Waals surface area contributed by atoms with Crippen molar-refractivity contribution in [2.45, 2.75) is 25.7 Å². The lowest BCUT2D eigenvalue weighted by Crippen LogP contribution is -2.28. The molecule has 24 heavy (non-hydrogen) atoms. The lowest BCUT2D eigenvalue weighted by atomic mass is 9.93. The van der Waals surface area contributed by atoms with Crippen molar-refractivity contribution < 1.29 is 9.53 Å². The summed E-state index contributed by atoms with van der Waals surface area (Å²) in [6.07, 6.45) is 8.53. The number of hydrogen-bond acceptors (Lipinski definition) is 5. The molecule has 0 spiro atoms. The van der Waals surface area contributed by atoms with Gasteiger partial charge in [0.25, 0.3) is 0 Å². The number of benzene rings is 1. The molecule has 6 heteroatoms. The smallest absolute Gasteiger partial charge is 0.237 e. The highest BCUT2D eigenvalue weighted by Gasteiger charge is 2.14. The Morgan fingerprint density at radius 2 is 2.17 bits per heavy atom. The Morgan fingerprint density at radius 3 is 2.96 bits per heavy atom. The van der Waals surface area contributed by atoms with Crippen LogP contribution in [0.4, 0.5) is 5.69 Å². The summed E-state index contributed by atoms with van der Waals surface area (Å²) in [5.41, 5.74) is 0.728. The molecule has 2 heterocycles. The summed E-state index contributed by atoms with van der Waals surface area (Å²) < 4.78 is 5.62. The van der Waals surface area contributed by atoms with Gasteiger partial charge < -0.3 is 15.4 Å². The highest BCUT2D eigenvalue weighted by atomic mass is 16.5. The Morgan fingerprint density at radius 1 is 1.29 bits per heavy atom. The van der Waals surface area contributed by atoms with Gasteiger partial charge in [0.15, 0.2) is 0 Å². The minimum Gasteiger partial charge on any atom is -0.437 e. The number of carbonyl (C=O) groups excluding carboxylic acids is 1. The third-order valence-electron chi connectivity index (χ3n) is 4.12. The van der Waals surface area contributed by atoms with Crippen LogP contribution in [0.25, 0.3) is 0 Å².